The van der Waals surface area contributed by atoms with Gasteiger partial charge in [0, 0.05) is 39.4 Å². The van der Waals surface area contributed by atoms with Crippen LogP contribution in [0.4, 0.5) is 4.79 Å². The van der Waals surface area contributed by atoms with E-state index in [9.17, 15) is 14.4 Å². The molecule has 3 aliphatic rings. The third kappa shape index (κ3) is 5.78. The molecule has 192 valence electrons. The van der Waals surface area contributed by atoms with Crippen LogP contribution < -0.4 is 10.1 Å². The van der Waals surface area contributed by atoms with Crippen LogP contribution in [0.5, 0.6) is 5.75 Å². The van der Waals surface area contributed by atoms with Crippen molar-refractivity contribution in [1.29, 1.82) is 0 Å². The maximum absolute atomic E-state index is 13.1. The summed E-state index contributed by atoms with van der Waals surface area (Å²) >= 11 is 0. The number of amides is 4. The highest BCUT2D eigenvalue weighted by Gasteiger charge is 2.55. The minimum atomic E-state index is -0.764. The van der Waals surface area contributed by atoms with Crippen LogP contribution in [0.15, 0.2) is 24.3 Å². The van der Waals surface area contributed by atoms with E-state index in [0.29, 0.717) is 32.0 Å². The Morgan fingerprint density at radius 3 is 2.69 bits per heavy atom. The molecule has 0 bridgehead atoms. The van der Waals surface area contributed by atoms with Crippen molar-refractivity contribution in [1.82, 2.24) is 20.0 Å². The van der Waals surface area contributed by atoms with Crippen molar-refractivity contribution in [3.05, 3.63) is 29.8 Å². The Labute approximate surface area is 207 Å². The summed E-state index contributed by atoms with van der Waals surface area (Å²) in [4.78, 5) is 43.4. The van der Waals surface area contributed by atoms with Gasteiger partial charge in [-0.1, -0.05) is 31.4 Å². The monoisotopic (exact) mass is 486 g/mol. The summed E-state index contributed by atoms with van der Waals surface area (Å²) in [6.07, 6.45) is 6.37. The molecule has 3 fully saturated rings. The third-order valence-corrected chi connectivity index (χ3v) is 7.70. The number of nitrogens with zero attached hydrogens (tertiary/aromatic N) is 3. The number of benzene rings is 1. The van der Waals surface area contributed by atoms with Crippen LogP contribution in [-0.2, 0) is 20.9 Å². The summed E-state index contributed by atoms with van der Waals surface area (Å²) < 4.78 is 11.4. The van der Waals surface area contributed by atoms with Gasteiger partial charge < -0.3 is 19.7 Å². The van der Waals surface area contributed by atoms with Gasteiger partial charge in [-0.15, -0.1) is 0 Å². The zero-order valence-electron chi connectivity index (χ0n) is 21.0. The average molecular weight is 487 g/mol. The van der Waals surface area contributed by atoms with Gasteiger partial charge in [0.05, 0.1) is 0 Å². The predicted octanol–water partition coefficient (Wildman–Crippen LogP) is 2.39. The lowest BCUT2D eigenvalue weighted by Gasteiger charge is -2.35. The van der Waals surface area contributed by atoms with Crippen LogP contribution in [0.2, 0.25) is 0 Å². The fraction of sp³-hybridized carbons (Fsp3) is 0.654. The van der Waals surface area contributed by atoms with Crippen molar-refractivity contribution < 1.29 is 23.9 Å². The molecule has 2 heterocycles. The standard InChI is InChI=1S/C26H38N4O5/c1-28(21-9-14-34-15-10-21)13-16-35-22-8-6-7-20(17-22)18-27-23(31)19-30-24(32)26(29(2)25(30)33)11-4-3-5-12-26/h6-8,17,21H,3-5,9-16,18-19H2,1-2H3,(H,27,31). The predicted molar refractivity (Wildman–Crippen MR) is 131 cm³/mol. The minimum absolute atomic E-state index is 0.235. The summed E-state index contributed by atoms with van der Waals surface area (Å²) in [6, 6.07) is 7.78. The molecule has 4 rings (SSSR count). The zero-order chi connectivity index (χ0) is 24.8. The molecule has 0 aromatic heterocycles. The van der Waals surface area contributed by atoms with Gasteiger partial charge in [0.1, 0.15) is 24.4 Å². The summed E-state index contributed by atoms with van der Waals surface area (Å²) in [6.45, 7) is 3.11. The number of hydrogen-bond donors (Lipinski definition) is 1. The molecule has 0 unspecified atom stereocenters. The quantitative estimate of drug-likeness (QED) is 0.539. The normalized spacial score (nSPS) is 20.7. The highest BCUT2D eigenvalue weighted by molar-refractivity contribution is 6.08. The first kappa shape index (κ1) is 25.4. The van der Waals surface area contributed by atoms with Crippen LogP contribution in [0.1, 0.15) is 50.5 Å². The number of ether oxygens (including phenoxy) is 2. The molecule has 1 aliphatic carbocycles. The fourth-order valence-electron chi connectivity index (χ4n) is 5.43. The van der Waals surface area contributed by atoms with Gasteiger partial charge >= 0.3 is 6.03 Å². The minimum Gasteiger partial charge on any atom is -0.492 e. The fourth-order valence-corrected chi connectivity index (χ4v) is 5.43. The molecule has 2 aliphatic heterocycles. The van der Waals surface area contributed by atoms with E-state index in [1.54, 1.807) is 11.9 Å². The van der Waals surface area contributed by atoms with E-state index in [-0.39, 0.29) is 24.4 Å². The Morgan fingerprint density at radius 2 is 1.94 bits per heavy atom. The van der Waals surface area contributed by atoms with E-state index >= 15 is 0 Å². The Hall–Kier alpha value is -2.65. The molecule has 1 N–H and O–H groups in total. The maximum atomic E-state index is 13.1. The van der Waals surface area contributed by atoms with Crippen molar-refractivity contribution in [3.63, 3.8) is 0 Å². The summed E-state index contributed by atoms with van der Waals surface area (Å²) in [5, 5.41) is 2.84. The highest BCUT2D eigenvalue weighted by Crippen LogP contribution is 2.39. The van der Waals surface area contributed by atoms with Gasteiger partial charge in [0.25, 0.3) is 5.91 Å². The van der Waals surface area contributed by atoms with E-state index < -0.39 is 5.54 Å². The molecule has 9 nitrogen and oxygen atoms in total. The molecule has 4 amide bonds. The van der Waals surface area contributed by atoms with Gasteiger partial charge in [-0.3, -0.25) is 19.4 Å². The number of carbonyl (C=O) groups excluding carboxylic acids is 3. The Balaban J connectivity index is 1.23. The van der Waals surface area contributed by atoms with Crippen LogP contribution >= 0.6 is 0 Å². The lowest BCUT2D eigenvalue weighted by Crippen LogP contribution is -2.49. The molecule has 1 aromatic rings. The van der Waals surface area contributed by atoms with E-state index in [1.165, 1.54) is 0 Å². The first-order valence-electron chi connectivity index (χ1n) is 12.8. The molecule has 35 heavy (non-hydrogen) atoms. The largest absolute Gasteiger partial charge is 0.492 e. The molecule has 2 saturated heterocycles. The van der Waals surface area contributed by atoms with Gasteiger partial charge in [0.2, 0.25) is 5.91 Å². The number of imide groups is 1. The maximum Gasteiger partial charge on any atom is 0.327 e. The molecule has 0 atom stereocenters. The van der Waals surface area contributed by atoms with Gasteiger partial charge in [-0.05, 0) is 50.4 Å². The summed E-state index contributed by atoms with van der Waals surface area (Å²) in [5.74, 6) is 0.168. The van der Waals surface area contributed by atoms with Crippen LogP contribution in [0.25, 0.3) is 0 Å². The van der Waals surface area contributed by atoms with E-state index in [1.807, 2.05) is 24.3 Å². The number of carbonyl (C=O) groups is 3. The molecule has 1 aromatic carbocycles. The highest BCUT2D eigenvalue weighted by atomic mass is 16.5. The Kier molecular flexibility index (Phi) is 8.28. The molecule has 9 heteroatoms. The number of rotatable bonds is 9. The first-order valence-corrected chi connectivity index (χ1v) is 12.8. The topological polar surface area (TPSA) is 91.4 Å². The summed E-state index contributed by atoms with van der Waals surface area (Å²) in [5.41, 5.74) is 0.133. The van der Waals surface area contributed by atoms with Crippen molar-refractivity contribution in [2.24, 2.45) is 0 Å². The summed E-state index contributed by atoms with van der Waals surface area (Å²) in [7, 11) is 3.80. The first-order chi connectivity index (χ1) is 16.9. The Morgan fingerprint density at radius 1 is 1.20 bits per heavy atom. The molecular weight excluding hydrogens is 448 g/mol. The van der Waals surface area contributed by atoms with Gasteiger partial charge in [-0.25, -0.2) is 4.79 Å². The van der Waals surface area contributed by atoms with Crippen molar-refractivity contribution in [3.8, 4) is 5.75 Å². The second-order valence-electron chi connectivity index (χ2n) is 9.92. The van der Waals surface area contributed by atoms with Crippen LogP contribution in [0, 0.1) is 0 Å². The second-order valence-corrected chi connectivity index (χ2v) is 9.92. The molecule has 0 radical (unpaired) electrons. The molecule has 1 spiro atoms. The van der Waals surface area contributed by atoms with Crippen molar-refractivity contribution in [2.45, 2.75) is 63.1 Å². The van der Waals surface area contributed by atoms with Crippen molar-refractivity contribution in [2.75, 3.05) is 47.0 Å². The zero-order valence-corrected chi connectivity index (χ0v) is 21.0. The number of hydrogen-bond acceptors (Lipinski definition) is 6. The van der Waals surface area contributed by atoms with E-state index in [2.05, 4.69) is 17.3 Å². The third-order valence-electron chi connectivity index (χ3n) is 7.70. The molecule has 1 saturated carbocycles. The lowest BCUT2D eigenvalue weighted by molar-refractivity contribution is -0.137. The second kappa shape index (κ2) is 11.4. The molecular formula is C26H38N4O5. The van der Waals surface area contributed by atoms with Crippen LogP contribution in [-0.4, -0.2) is 91.1 Å². The number of urea groups is 1. The Bertz CT molecular complexity index is 911. The SMILES string of the molecule is CN(CCOc1cccc(CNC(=O)CN2C(=O)N(C)C3(CCCCC3)C2=O)c1)C1CCOCC1. The average Bonchev–Trinajstić information content (AvgIpc) is 3.05. The number of likely N-dealkylation sites (N-methyl/N-ethyl adjacent to an activating group) is 2. The van der Waals surface area contributed by atoms with Gasteiger partial charge in [0.15, 0.2) is 0 Å². The lowest BCUT2D eigenvalue weighted by atomic mass is 9.81. The smallest absolute Gasteiger partial charge is 0.327 e. The van der Waals surface area contributed by atoms with E-state index in [0.717, 1.165) is 68.1 Å². The van der Waals surface area contributed by atoms with Gasteiger partial charge in [-0.2, -0.15) is 0 Å². The van der Waals surface area contributed by atoms with E-state index in [4.69, 9.17) is 9.47 Å². The van der Waals surface area contributed by atoms with Crippen molar-refractivity contribution >= 4 is 17.8 Å². The number of nitrogens with one attached hydrogen (secondary N) is 1. The van der Waals surface area contributed by atoms with Crippen LogP contribution in [0.3, 0.4) is 0 Å².